The average Bonchev–Trinajstić information content (AvgIpc) is 3.59. The number of carbonyl (C=O) groups excluding carboxylic acids is 2. The first kappa shape index (κ1) is 23.4. The van der Waals surface area contributed by atoms with E-state index >= 15 is 0 Å². The van der Waals surface area contributed by atoms with E-state index in [0.29, 0.717) is 36.0 Å². The molecule has 1 fully saturated rings. The zero-order valence-corrected chi connectivity index (χ0v) is 20.1. The van der Waals surface area contributed by atoms with Crippen LogP contribution in [-0.2, 0) is 13.1 Å². The molecule has 182 valence electrons. The Bertz CT molecular complexity index is 1300. The summed E-state index contributed by atoms with van der Waals surface area (Å²) in [6.07, 6.45) is 5.30. The lowest BCUT2D eigenvalue weighted by Gasteiger charge is -2.23. The van der Waals surface area contributed by atoms with Gasteiger partial charge in [0.1, 0.15) is 11.6 Å². The molecule has 7 heteroatoms. The van der Waals surface area contributed by atoms with E-state index in [1.165, 1.54) is 0 Å². The summed E-state index contributed by atoms with van der Waals surface area (Å²) in [6.45, 7) is 0.692. The van der Waals surface area contributed by atoms with Gasteiger partial charge < -0.3 is 19.5 Å². The van der Waals surface area contributed by atoms with Crippen molar-refractivity contribution in [2.24, 2.45) is 0 Å². The molecule has 0 aliphatic heterocycles. The molecule has 1 aliphatic rings. The Balaban J connectivity index is 1.31. The topological polar surface area (TPSA) is 78.7 Å². The van der Waals surface area contributed by atoms with Crippen molar-refractivity contribution in [2.75, 3.05) is 11.9 Å². The number of aromatic nitrogens is 1. The average molecular weight is 481 g/mol. The van der Waals surface area contributed by atoms with Crippen molar-refractivity contribution < 1.29 is 14.0 Å². The van der Waals surface area contributed by atoms with Gasteiger partial charge in [0.15, 0.2) is 0 Å². The normalized spacial score (nSPS) is 12.7. The van der Waals surface area contributed by atoms with Crippen molar-refractivity contribution in [1.82, 2.24) is 15.2 Å². The molecule has 2 aromatic heterocycles. The van der Waals surface area contributed by atoms with Gasteiger partial charge >= 0.3 is 0 Å². The van der Waals surface area contributed by atoms with E-state index in [-0.39, 0.29) is 11.8 Å². The van der Waals surface area contributed by atoms with Gasteiger partial charge in [-0.2, -0.15) is 0 Å². The van der Waals surface area contributed by atoms with Crippen LogP contribution in [0.1, 0.15) is 44.9 Å². The van der Waals surface area contributed by atoms with Gasteiger partial charge in [0, 0.05) is 37.1 Å². The minimum atomic E-state index is -0.150. The van der Waals surface area contributed by atoms with E-state index in [4.69, 9.17) is 4.42 Å². The van der Waals surface area contributed by atoms with Gasteiger partial charge in [0.05, 0.1) is 18.4 Å². The first-order valence-electron chi connectivity index (χ1n) is 12.0. The summed E-state index contributed by atoms with van der Waals surface area (Å²) in [7, 11) is 1.94. The first-order chi connectivity index (χ1) is 17.6. The molecule has 0 radical (unpaired) electrons. The number of rotatable bonds is 9. The van der Waals surface area contributed by atoms with Crippen LogP contribution in [0, 0.1) is 0 Å². The molecule has 1 N–H and O–H groups in total. The molecule has 2 heterocycles. The van der Waals surface area contributed by atoms with Gasteiger partial charge in [0.25, 0.3) is 11.8 Å². The van der Waals surface area contributed by atoms with Gasteiger partial charge in [-0.3, -0.25) is 9.59 Å². The fraction of sp³-hybridized carbons (Fsp3) is 0.207. The lowest BCUT2D eigenvalue weighted by atomic mass is 10.1. The van der Waals surface area contributed by atoms with E-state index in [2.05, 4.69) is 10.3 Å². The lowest BCUT2D eigenvalue weighted by molar-refractivity contribution is 0.0717. The third-order valence-corrected chi connectivity index (χ3v) is 6.20. The number of amides is 2. The summed E-state index contributed by atoms with van der Waals surface area (Å²) in [5, 5.41) is 3.00. The van der Waals surface area contributed by atoms with Gasteiger partial charge in [-0.25, -0.2) is 4.98 Å². The van der Waals surface area contributed by atoms with Crippen LogP contribution in [0.2, 0.25) is 0 Å². The van der Waals surface area contributed by atoms with Crippen LogP contribution in [-0.4, -0.2) is 34.8 Å². The number of nitrogens with zero attached hydrogens (tertiary/aromatic N) is 3. The Morgan fingerprint density at radius 2 is 1.67 bits per heavy atom. The maximum Gasteiger partial charge on any atom is 0.256 e. The number of anilines is 2. The summed E-state index contributed by atoms with van der Waals surface area (Å²) >= 11 is 0. The molecule has 0 saturated heterocycles. The number of para-hydroxylation sites is 1. The Morgan fingerprint density at radius 3 is 2.31 bits per heavy atom. The number of carbonyl (C=O) groups is 2. The van der Waals surface area contributed by atoms with Crippen molar-refractivity contribution in [3.05, 3.63) is 114 Å². The van der Waals surface area contributed by atoms with Crippen LogP contribution in [0.5, 0.6) is 0 Å². The molecule has 7 nitrogen and oxygen atoms in total. The number of pyridine rings is 1. The molecule has 0 spiro atoms. The van der Waals surface area contributed by atoms with Gasteiger partial charge in [-0.15, -0.1) is 0 Å². The molecule has 2 aromatic carbocycles. The molecule has 0 unspecified atom stereocenters. The molecular formula is C29H28N4O3. The smallest absolute Gasteiger partial charge is 0.256 e. The quantitative estimate of drug-likeness (QED) is 0.357. The SMILES string of the molecule is CN(c1ccccc1)c1ccc(C(=O)N(Cc2ccc(C(=O)NC3CC3)cc2)Cc2ccco2)cn1. The van der Waals surface area contributed by atoms with Crippen molar-refractivity contribution in [3.63, 3.8) is 0 Å². The second-order valence-corrected chi connectivity index (χ2v) is 8.98. The van der Waals surface area contributed by atoms with E-state index < -0.39 is 0 Å². The number of furan rings is 1. The third-order valence-electron chi connectivity index (χ3n) is 6.20. The summed E-state index contributed by atoms with van der Waals surface area (Å²) < 4.78 is 5.51. The van der Waals surface area contributed by atoms with Crippen LogP contribution >= 0.6 is 0 Å². The van der Waals surface area contributed by atoms with E-state index in [1.54, 1.807) is 41.6 Å². The Hall–Kier alpha value is -4.39. The molecule has 0 bridgehead atoms. The fourth-order valence-electron chi connectivity index (χ4n) is 3.95. The van der Waals surface area contributed by atoms with E-state index in [9.17, 15) is 9.59 Å². The number of hydrogen-bond donors (Lipinski definition) is 1. The van der Waals surface area contributed by atoms with Crippen LogP contribution < -0.4 is 10.2 Å². The Labute approximate surface area is 210 Å². The third kappa shape index (κ3) is 5.63. The summed E-state index contributed by atoms with van der Waals surface area (Å²) in [6, 6.07) is 24.9. The van der Waals surface area contributed by atoms with Gasteiger partial charge in [0.2, 0.25) is 0 Å². The zero-order valence-electron chi connectivity index (χ0n) is 20.1. The fourth-order valence-corrected chi connectivity index (χ4v) is 3.95. The standard InChI is InChI=1S/C29H28N4O3/c1-32(25-6-3-2-4-7-25)27-16-13-23(18-30-27)29(35)33(20-26-8-5-17-36-26)19-21-9-11-22(12-10-21)28(34)31-24-14-15-24/h2-13,16-18,24H,14-15,19-20H2,1H3,(H,31,34). The maximum atomic E-state index is 13.5. The van der Waals surface area contributed by atoms with Crippen LogP contribution in [0.15, 0.2) is 95.7 Å². The largest absolute Gasteiger partial charge is 0.467 e. The van der Waals surface area contributed by atoms with E-state index in [0.717, 1.165) is 29.9 Å². The highest BCUT2D eigenvalue weighted by atomic mass is 16.3. The van der Waals surface area contributed by atoms with Crippen molar-refractivity contribution in [2.45, 2.75) is 32.0 Å². The summed E-state index contributed by atoms with van der Waals surface area (Å²) in [4.78, 5) is 34.0. The molecule has 4 aromatic rings. The van der Waals surface area contributed by atoms with Crippen molar-refractivity contribution >= 4 is 23.3 Å². The first-order valence-corrected chi connectivity index (χ1v) is 12.0. The number of hydrogen-bond acceptors (Lipinski definition) is 5. The zero-order chi connectivity index (χ0) is 24.9. The van der Waals surface area contributed by atoms with Crippen molar-refractivity contribution in [1.29, 1.82) is 0 Å². The van der Waals surface area contributed by atoms with Crippen LogP contribution in [0.25, 0.3) is 0 Å². The minimum absolute atomic E-state index is 0.0563. The summed E-state index contributed by atoms with van der Waals surface area (Å²) in [5.41, 5.74) is 3.05. The second-order valence-electron chi connectivity index (χ2n) is 8.98. The number of benzene rings is 2. The molecule has 5 rings (SSSR count). The molecule has 2 amide bonds. The second kappa shape index (κ2) is 10.5. The lowest BCUT2D eigenvalue weighted by Crippen LogP contribution is -2.30. The summed E-state index contributed by atoms with van der Waals surface area (Å²) in [5.74, 6) is 1.23. The van der Waals surface area contributed by atoms with Crippen LogP contribution in [0.4, 0.5) is 11.5 Å². The predicted octanol–water partition coefficient (Wildman–Crippen LogP) is 5.18. The predicted molar refractivity (Wildman–Crippen MR) is 138 cm³/mol. The molecule has 1 aliphatic carbocycles. The molecular weight excluding hydrogens is 452 g/mol. The maximum absolute atomic E-state index is 13.5. The van der Waals surface area contributed by atoms with Crippen molar-refractivity contribution in [3.8, 4) is 0 Å². The monoisotopic (exact) mass is 480 g/mol. The van der Waals surface area contributed by atoms with Crippen LogP contribution in [0.3, 0.4) is 0 Å². The van der Waals surface area contributed by atoms with Gasteiger partial charge in [-0.1, -0.05) is 30.3 Å². The molecule has 1 saturated carbocycles. The Kier molecular flexibility index (Phi) is 6.80. The Morgan fingerprint density at radius 1 is 0.917 bits per heavy atom. The molecule has 0 atom stereocenters. The highest BCUT2D eigenvalue weighted by Crippen LogP contribution is 2.23. The minimum Gasteiger partial charge on any atom is -0.467 e. The highest BCUT2D eigenvalue weighted by Gasteiger charge is 2.24. The highest BCUT2D eigenvalue weighted by molar-refractivity contribution is 5.95. The molecule has 36 heavy (non-hydrogen) atoms. The number of nitrogens with one attached hydrogen (secondary N) is 1. The van der Waals surface area contributed by atoms with Gasteiger partial charge in [-0.05, 0) is 66.9 Å². The van der Waals surface area contributed by atoms with E-state index in [1.807, 2.05) is 66.5 Å².